The van der Waals surface area contributed by atoms with Crippen molar-refractivity contribution in [2.75, 3.05) is 45.8 Å². The van der Waals surface area contributed by atoms with Gasteiger partial charge in [-0.25, -0.2) is 0 Å². The van der Waals surface area contributed by atoms with Crippen LogP contribution in [-0.2, 0) is 4.79 Å². The predicted octanol–water partition coefficient (Wildman–Crippen LogP) is 2.64. The van der Waals surface area contributed by atoms with Gasteiger partial charge in [-0.15, -0.1) is 37.2 Å². The Balaban J connectivity index is 0. The number of nitrogens with zero attached hydrogens (tertiary/aromatic N) is 3. The van der Waals surface area contributed by atoms with E-state index < -0.39 is 0 Å². The average Bonchev–Trinajstić information content (AvgIpc) is 2.55. The highest BCUT2D eigenvalue weighted by molar-refractivity contribution is 5.86. The Morgan fingerprint density at radius 3 is 2.00 bits per heavy atom. The number of piperidine rings is 1. The van der Waals surface area contributed by atoms with Gasteiger partial charge in [0, 0.05) is 32.2 Å². The van der Waals surface area contributed by atoms with Crippen molar-refractivity contribution in [1.82, 2.24) is 14.7 Å². The molecule has 2 heterocycles. The van der Waals surface area contributed by atoms with E-state index in [1.807, 2.05) is 4.90 Å². The molecule has 1 atom stereocenters. The van der Waals surface area contributed by atoms with Crippen molar-refractivity contribution in [2.45, 2.75) is 58.5 Å². The Hall–Kier alpha value is 0.220. The van der Waals surface area contributed by atoms with E-state index >= 15 is 0 Å². The molecule has 0 aliphatic carbocycles. The van der Waals surface area contributed by atoms with Crippen LogP contribution in [0.25, 0.3) is 0 Å². The summed E-state index contributed by atoms with van der Waals surface area (Å²) in [6.45, 7) is 13.9. The SMILES string of the molecule is CCCN1CCC(N2CCN(C(=O)[C@@H](N)CC(C)C)CC2)CC1.Cl.Cl.Cl. The molecule has 2 aliphatic rings. The number of carbonyl (C=O) groups is 1. The minimum Gasteiger partial charge on any atom is -0.339 e. The van der Waals surface area contributed by atoms with E-state index in [9.17, 15) is 4.79 Å². The molecule has 5 nitrogen and oxygen atoms in total. The normalized spacial score (nSPS) is 20.7. The maximum absolute atomic E-state index is 12.4. The van der Waals surface area contributed by atoms with Gasteiger partial charge in [0.05, 0.1) is 6.04 Å². The average molecular weight is 434 g/mol. The Morgan fingerprint density at radius 1 is 1.00 bits per heavy atom. The number of hydrogen-bond acceptors (Lipinski definition) is 4. The van der Waals surface area contributed by atoms with Crippen LogP contribution in [0.5, 0.6) is 0 Å². The van der Waals surface area contributed by atoms with Crippen LogP contribution in [-0.4, -0.2) is 78.5 Å². The van der Waals surface area contributed by atoms with Crippen molar-refractivity contribution in [3.63, 3.8) is 0 Å². The summed E-state index contributed by atoms with van der Waals surface area (Å²) in [5, 5.41) is 0. The lowest BCUT2D eigenvalue weighted by Gasteiger charge is -2.43. The van der Waals surface area contributed by atoms with Gasteiger partial charge in [-0.2, -0.15) is 0 Å². The molecular weight excluding hydrogens is 395 g/mol. The Morgan fingerprint density at radius 2 is 1.54 bits per heavy atom. The van der Waals surface area contributed by atoms with Crippen molar-refractivity contribution in [3.05, 3.63) is 0 Å². The smallest absolute Gasteiger partial charge is 0.239 e. The fraction of sp³-hybridized carbons (Fsp3) is 0.944. The molecule has 2 N–H and O–H groups in total. The molecule has 2 aliphatic heterocycles. The zero-order valence-electron chi connectivity index (χ0n) is 16.6. The molecule has 0 aromatic carbocycles. The minimum absolute atomic E-state index is 0. The minimum atomic E-state index is -0.321. The second-order valence-corrected chi connectivity index (χ2v) is 7.67. The van der Waals surface area contributed by atoms with E-state index in [-0.39, 0.29) is 49.2 Å². The summed E-state index contributed by atoms with van der Waals surface area (Å²) in [5.74, 6) is 0.625. The second kappa shape index (κ2) is 14.3. The van der Waals surface area contributed by atoms with Crippen molar-refractivity contribution in [2.24, 2.45) is 11.7 Å². The van der Waals surface area contributed by atoms with Crippen molar-refractivity contribution < 1.29 is 4.79 Å². The summed E-state index contributed by atoms with van der Waals surface area (Å²) >= 11 is 0. The van der Waals surface area contributed by atoms with E-state index in [1.54, 1.807) is 0 Å². The number of halogens is 3. The third-order valence-electron chi connectivity index (χ3n) is 5.28. The maximum atomic E-state index is 12.4. The van der Waals surface area contributed by atoms with E-state index in [0.717, 1.165) is 32.6 Å². The molecule has 0 spiro atoms. The van der Waals surface area contributed by atoms with Crippen LogP contribution >= 0.6 is 37.2 Å². The molecule has 158 valence electrons. The van der Waals surface area contributed by atoms with Gasteiger partial charge < -0.3 is 15.5 Å². The fourth-order valence-electron chi connectivity index (χ4n) is 3.97. The van der Waals surface area contributed by atoms with Crippen LogP contribution in [0.4, 0.5) is 0 Å². The number of piperazine rings is 1. The Kier molecular flexibility index (Phi) is 15.6. The zero-order chi connectivity index (χ0) is 16.8. The molecule has 2 fully saturated rings. The van der Waals surface area contributed by atoms with E-state index in [2.05, 4.69) is 30.6 Å². The molecule has 0 aromatic heterocycles. The topological polar surface area (TPSA) is 52.8 Å². The summed E-state index contributed by atoms with van der Waals surface area (Å²) in [4.78, 5) is 19.6. The van der Waals surface area contributed by atoms with Gasteiger partial charge in [0.2, 0.25) is 5.91 Å². The van der Waals surface area contributed by atoms with Gasteiger partial charge in [-0.3, -0.25) is 9.69 Å². The van der Waals surface area contributed by atoms with Crippen molar-refractivity contribution in [1.29, 1.82) is 0 Å². The van der Waals surface area contributed by atoms with Gasteiger partial charge in [0.15, 0.2) is 0 Å². The molecule has 2 saturated heterocycles. The Bertz CT molecular complexity index is 371. The number of nitrogens with two attached hydrogens (primary N) is 1. The van der Waals surface area contributed by atoms with E-state index in [1.165, 1.54) is 38.9 Å². The number of likely N-dealkylation sites (tertiary alicyclic amines) is 1. The zero-order valence-corrected chi connectivity index (χ0v) is 19.0. The molecular formula is C18H39Cl3N4O. The second-order valence-electron chi connectivity index (χ2n) is 7.67. The molecule has 0 radical (unpaired) electrons. The third-order valence-corrected chi connectivity index (χ3v) is 5.28. The van der Waals surface area contributed by atoms with Crippen LogP contribution in [0, 0.1) is 5.92 Å². The molecule has 0 bridgehead atoms. The standard InChI is InChI=1S/C18H36N4O.3ClH/c1-4-7-20-8-5-16(6-9-20)21-10-12-22(13-11-21)18(23)17(19)14-15(2)3;;;/h15-17H,4-14,19H2,1-3H3;3*1H/t17-;;;/m0.../s1. The lowest BCUT2D eigenvalue weighted by Crippen LogP contribution is -2.56. The van der Waals surface area contributed by atoms with Crippen molar-refractivity contribution >= 4 is 43.1 Å². The van der Waals surface area contributed by atoms with Gasteiger partial charge in [0.1, 0.15) is 0 Å². The number of amides is 1. The van der Waals surface area contributed by atoms with Crippen LogP contribution in [0.3, 0.4) is 0 Å². The van der Waals surface area contributed by atoms with Crippen LogP contribution in [0.15, 0.2) is 0 Å². The quantitative estimate of drug-likeness (QED) is 0.699. The first kappa shape index (κ1) is 28.4. The molecule has 2 rings (SSSR count). The summed E-state index contributed by atoms with van der Waals surface area (Å²) in [6, 6.07) is 0.392. The summed E-state index contributed by atoms with van der Waals surface area (Å²) in [6.07, 6.45) is 4.60. The maximum Gasteiger partial charge on any atom is 0.239 e. The first-order valence-corrected chi connectivity index (χ1v) is 9.52. The van der Waals surface area contributed by atoms with E-state index in [4.69, 9.17) is 5.73 Å². The molecule has 26 heavy (non-hydrogen) atoms. The number of carbonyl (C=O) groups excluding carboxylic acids is 1. The van der Waals surface area contributed by atoms with Gasteiger partial charge in [-0.1, -0.05) is 20.8 Å². The van der Waals surface area contributed by atoms with Crippen molar-refractivity contribution in [3.8, 4) is 0 Å². The van der Waals surface area contributed by atoms with E-state index in [0.29, 0.717) is 12.0 Å². The summed E-state index contributed by atoms with van der Waals surface area (Å²) in [7, 11) is 0. The third kappa shape index (κ3) is 8.49. The number of hydrogen-bond donors (Lipinski definition) is 1. The first-order valence-electron chi connectivity index (χ1n) is 9.52. The molecule has 1 amide bonds. The highest BCUT2D eigenvalue weighted by Crippen LogP contribution is 2.19. The molecule has 0 unspecified atom stereocenters. The van der Waals surface area contributed by atoms with Crippen LogP contribution < -0.4 is 5.73 Å². The van der Waals surface area contributed by atoms with Gasteiger partial charge in [0.25, 0.3) is 0 Å². The van der Waals surface area contributed by atoms with Crippen LogP contribution in [0.1, 0.15) is 46.5 Å². The largest absolute Gasteiger partial charge is 0.339 e. The van der Waals surface area contributed by atoms with Crippen LogP contribution in [0.2, 0.25) is 0 Å². The predicted molar refractivity (Wildman–Crippen MR) is 117 cm³/mol. The molecule has 8 heteroatoms. The lowest BCUT2D eigenvalue weighted by atomic mass is 10.0. The summed E-state index contributed by atoms with van der Waals surface area (Å²) in [5.41, 5.74) is 6.06. The highest BCUT2D eigenvalue weighted by Gasteiger charge is 2.30. The highest BCUT2D eigenvalue weighted by atomic mass is 35.5. The summed E-state index contributed by atoms with van der Waals surface area (Å²) < 4.78 is 0. The lowest BCUT2D eigenvalue weighted by molar-refractivity contribution is -0.135. The Labute approximate surface area is 178 Å². The van der Waals surface area contributed by atoms with Gasteiger partial charge in [-0.05, 0) is 51.2 Å². The first-order chi connectivity index (χ1) is 11.0. The molecule has 0 saturated carbocycles. The monoisotopic (exact) mass is 432 g/mol. The molecule has 0 aromatic rings. The number of rotatable bonds is 6. The fourth-order valence-corrected chi connectivity index (χ4v) is 3.97. The van der Waals surface area contributed by atoms with Gasteiger partial charge >= 0.3 is 0 Å².